The highest BCUT2D eigenvalue weighted by Crippen LogP contribution is 2.28. The largest absolute Gasteiger partial charge is 0.383 e. The van der Waals surface area contributed by atoms with Crippen molar-refractivity contribution in [3.63, 3.8) is 0 Å². The molecular weight excluding hydrogens is 358 g/mol. The van der Waals surface area contributed by atoms with Gasteiger partial charge in [0.2, 0.25) is 0 Å². The first kappa shape index (κ1) is 13.2. The van der Waals surface area contributed by atoms with Crippen LogP contribution in [0.3, 0.4) is 0 Å². The van der Waals surface area contributed by atoms with Crippen molar-refractivity contribution >= 4 is 43.5 Å². The number of aliphatic imine (C=N–C) groups is 1. The van der Waals surface area contributed by atoms with Crippen LogP contribution >= 0.6 is 31.9 Å². The van der Waals surface area contributed by atoms with Gasteiger partial charge in [-0.1, -0.05) is 30.3 Å². The lowest BCUT2D eigenvalue weighted by Crippen LogP contribution is -2.12. The topological polar surface area (TPSA) is 51.3 Å². The zero-order chi connectivity index (χ0) is 13.1. The molecule has 0 atom stereocenters. The zero-order valence-corrected chi connectivity index (χ0v) is 12.9. The number of nitrogens with zero attached hydrogens (tertiary/aromatic N) is 2. The van der Waals surface area contributed by atoms with E-state index in [1.54, 1.807) is 0 Å². The molecule has 5 heteroatoms. The Labute approximate surface area is 122 Å². The summed E-state index contributed by atoms with van der Waals surface area (Å²) in [5.41, 5.74) is 7.72. The van der Waals surface area contributed by atoms with Crippen molar-refractivity contribution in [2.75, 3.05) is 0 Å². The van der Waals surface area contributed by atoms with Crippen LogP contribution in [0.1, 0.15) is 11.3 Å². The Morgan fingerprint density at radius 3 is 2.50 bits per heavy atom. The molecule has 2 N–H and O–H groups in total. The molecule has 0 saturated heterocycles. The van der Waals surface area contributed by atoms with Gasteiger partial charge in [0, 0.05) is 10.0 Å². The smallest absolute Gasteiger partial charge is 0.168 e. The molecule has 0 saturated carbocycles. The summed E-state index contributed by atoms with van der Waals surface area (Å²) in [7, 11) is 0. The van der Waals surface area contributed by atoms with Gasteiger partial charge in [-0.3, -0.25) is 0 Å². The number of benzene rings is 1. The minimum absolute atomic E-state index is 0.450. The summed E-state index contributed by atoms with van der Waals surface area (Å²) in [6.07, 6.45) is 0. The third-order valence-electron chi connectivity index (χ3n) is 2.38. The fraction of sp³-hybridized carbons (Fsp3) is 0.0769. The number of aryl methyl sites for hydroxylation is 1. The van der Waals surface area contributed by atoms with E-state index in [-0.39, 0.29) is 0 Å². The van der Waals surface area contributed by atoms with Crippen LogP contribution < -0.4 is 5.73 Å². The summed E-state index contributed by atoms with van der Waals surface area (Å²) >= 11 is 6.85. The molecule has 0 fully saturated rings. The highest BCUT2D eigenvalue weighted by Gasteiger charge is 2.06. The standard InChI is InChI=1S/C13H11Br2N3/c1-8-10(14)7-11(15)13(17-8)18-12(16)9-5-3-2-4-6-9/h2-7H,1H3,(H2,16,17,18). The molecule has 1 aromatic carbocycles. The van der Waals surface area contributed by atoms with Crippen molar-refractivity contribution < 1.29 is 0 Å². The predicted molar refractivity (Wildman–Crippen MR) is 81.2 cm³/mol. The average Bonchev–Trinajstić information content (AvgIpc) is 2.37. The SMILES string of the molecule is Cc1nc(/N=C(\N)c2ccccc2)c(Br)cc1Br. The van der Waals surface area contributed by atoms with E-state index in [2.05, 4.69) is 41.8 Å². The first-order chi connectivity index (χ1) is 8.58. The fourth-order valence-corrected chi connectivity index (χ4v) is 2.44. The lowest BCUT2D eigenvalue weighted by Gasteiger charge is -2.04. The fourth-order valence-electron chi connectivity index (χ4n) is 1.41. The Hall–Kier alpha value is -1.20. The monoisotopic (exact) mass is 367 g/mol. The molecule has 2 rings (SSSR count). The number of hydrogen-bond acceptors (Lipinski definition) is 2. The van der Waals surface area contributed by atoms with E-state index in [4.69, 9.17) is 5.73 Å². The molecule has 0 spiro atoms. The molecule has 0 radical (unpaired) electrons. The van der Waals surface area contributed by atoms with Gasteiger partial charge in [0.1, 0.15) is 5.84 Å². The van der Waals surface area contributed by atoms with E-state index in [9.17, 15) is 0 Å². The summed E-state index contributed by atoms with van der Waals surface area (Å²) in [4.78, 5) is 8.72. The van der Waals surface area contributed by atoms with E-state index in [0.717, 1.165) is 20.2 Å². The average molecular weight is 369 g/mol. The Morgan fingerprint density at radius 2 is 1.83 bits per heavy atom. The van der Waals surface area contributed by atoms with Crippen LogP contribution in [-0.2, 0) is 0 Å². The minimum Gasteiger partial charge on any atom is -0.383 e. The van der Waals surface area contributed by atoms with Crippen LogP contribution in [0.25, 0.3) is 0 Å². The molecule has 0 aliphatic rings. The summed E-state index contributed by atoms with van der Waals surface area (Å²) in [5, 5.41) is 0. The first-order valence-corrected chi connectivity index (χ1v) is 6.89. The van der Waals surface area contributed by atoms with Crippen molar-refractivity contribution in [2.24, 2.45) is 10.7 Å². The predicted octanol–water partition coefficient (Wildman–Crippen LogP) is 3.95. The second-order valence-electron chi connectivity index (χ2n) is 3.72. The van der Waals surface area contributed by atoms with Crippen molar-refractivity contribution in [2.45, 2.75) is 6.92 Å². The maximum absolute atomic E-state index is 5.96. The number of rotatable bonds is 2. The lowest BCUT2D eigenvalue weighted by molar-refractivity contribution is 1.15. The van der Waals surface area contributed by atoms with Gasteiger partial charge >= 0.3 is 0 Å². The van der Waals surface area contributed by atoms with Gasteiger partial charge < -0.3 is 5.73 Å². The summed E-state index contributed by atoms with van der Waals surface area (Å²) in [6.45, 7) is 1.91. The number of hydrogen-bond donors (Lipinski definition) is 1. The molecule has 0 bridgehead atoms. The second-order valence-corrected chi connectivity index (χ2v) is 5.43. The number of halogens is 2. The van der Waals surface area contributed by atoms with Gasteiger partial charge in [-0.15, -0.1) is 0 Å². The first-order valence-electron chi connectivity index (χ1n) is 5.30. The molecule has 0 amide bonds. The second kappa shape index (κ2) is 5.63. The molecule has 0 aliphatic heterocycles. The van der Waals surface area contributed by atoms with Crippen LogP contribution in [0.15, 0.2) is 50.3 Å². The summed E-state index contributed by atoms with van der Waals surface area (Å²) < 4.78 is 1.74. The van der Waals surface area contributed by atoms with Gasteiger partial charge in [-0.2, -0.15) is 0 Å². The van der Waals surface area contributed by atoms with E-state index < -0.39 is 0 Å². The minimum atomic E-state index is 0.450. The molecule has 92 valence electrons. The number of aromatic nitrogens is 1. The van der Waals surface area contributed by atoms with Crippen LogP contribution in [0.5, 0.6) is 0 Å². The Kier molecular flexibility index (Phi) is 4.14. The van der Waals surface area contributed by atoms with E-state index in [1.165, 1.54) is 0 Å². The van der Waals surface area contributed by atoms with E-state index in [0.29, 0.717) is 11.7 Å². The lowest BCUT2D eigenvalue weighted by atomic mass is 10.2. The Balaban J connectivity index is 2.42. The third-order valence-corrected chi connectivity index (χ3v) is 3.77. The van der Waals surface area contributed by atoms with Gasteiger partial charge in [0.25, 0.3) is 0 Å². The summed E-state index contributed by atoms with van der Waals surface area (Å²) in [5.74, 6) is 1.03. The van der Waals surface area contributed by atoms with Crippen molar-refractivity contribution in [3.8, 4) is 0 Å². The highest BCUT2D eigenvalue weighted by atomic mass is 79.9. The van der Waals surface area contributed by atoms with Crippen molar-refractivity contribution in [1.82, 2.24) is 4.98 Å². The molecule has 0 aliphatic carbocycles. The Morgan fingerprint density at radius 1 is 1.17 bits per heavy atom. The number of nitrogens with two attached hydrogens (primary N) is 1. The van der Waals surface area contributed by atoms with Crippen LogP contribution in [0, 0.1) is 6.92 Å². The molecule has 2 aromatic rings. The third kappa shape index (κ3) is 2.97. The van der Waals surface area contributed by atoms with Gasteiger partial charge in [0.05, 0.1) is 10.2 Å². The molecule has 1 aromatic heterocycles. The van der Waals surface area contributed by atoms with Crippen molar-refractivity contribution in [1.29, 1.82) is 0 Å². The van der Waals surface area contributed by atoms with Gasteiger partial charge in [0.15, 0.2) is 5.82 Å². The van der Waals surface area contributed by atoms with Gasteiger partial charge in [-0.25, -0.2) is 9.98 Å². The molecular formula is C13H11Br2N3. The van der Waals surface area contributed by atoms with Crippen LogP contribution in [0.4, 0.5) is 5.82 Å². The maximum atomic E-state index is 5.96. The zero-order valence-electron chi connectivity index (χ0n) is 9.69. The van der Waals surface area contributed by atoms with E-state index in [1.807, 2.05) is 43.3 Å². The van der Waals surface area contributed by atoms with Crippen molar-refractivity contribution in [3.05, 3.63) is 56.6 Å². The molecule has 3 nitrogen and oxygen atoms in total. The number of pyridine rings is 1. The quantitative estimate of drug-likeness (QED) is 0.644. The Bertz CT molecular complexity index is 595. The maximum Gasteiger partial charge on any atom is 0.168 e. The normalized spacial score (nSPS) is 11.6. The molecule has 0 unspecified atom stereocenters. The van der Waals surface area contributed by atoms with E-state index >= 15 is 0 Å². The highest BCUT2D eigenvalue weighted by molar-refractivity contribution is 9.11. The molecule has 18 heavy (non-hydrogen) atoms. The van der Waals surface area contributed by atoms with Crippen LogP contribution in [-0.4, -0.2) is 10.8 Å². The number of amidine groups is 1. The molecule has 1 heterocycles. The summed E-state index contributed by atoms with van der Waals surface area (Å²) in [6, 6.07) is 11.5. The van der Waals surface area contributed by atoms with Crippen LogP contribution in [0.2, 0.25) is 0 Å². The van der Waals surface area contributed by atoms with Gasteiger partial charge in [-0.05, 0) is 44.8 Å².